The van der Waals surface area contributed by atoms with Gasteiger partial charge in [-0.05, 0) is 19.1 Å². The molecule has 0 aliphatic rings. The zero-order valence-electron chi connectivity index (χ0n) is 9.47. The third-order valence-corrected chi connectivity index (χ3v) is 2.30. The predicted molar refractivity (Wildman–Crippen MR) is 62.5 cm³/mol. The zero-order valence-corrected chi connectivity index (χ0v) is 9.47. The lowest BCUT2D eigenvalue weighted by Crippen LogP contribution is -2.14. The molecule has 2 aromatic heterocycles. The molecule has 0 radical (unpaired) electrons. The summed E-state index contributed by atoms with van der Waals surface area (Å²) < 4.78 is 0. The predicted octanol–water partition coefficient (Wildman–Crippen LogP) is 1.06. The molecule has 0 aromatic carbocycles. The van der Waals surface area contributed by atoms with Crippen molar-refractivity contribution in [1.82, 2.24) is 15.2 Å². The summed E-state index contributed by atoms with van der Waals surface area (Å²) in [6.45, 7) is 1.71. The van der Waals surface area contributed by atoms with Crippen molar-refractivity contribution >= 4 is 17.7 Å². The summed E-state index contributed by atoms with van der Waals surface area (Å²) in [7, 11) is 0. The van der Waals surface area contributed by atoms with Crippen LogP contribution in [0.3, 0.4) is 0 Å². The Labute approximate surface area is 102 Å². The summed E-state index contributed by atoms with van der Waals surface area (Å²) in [6, 6.07) is 4.52. The summed E-state index contributed by atoms with van der Waals surface area (Å²) in [4.78, 5) is 26.5. The lowest BCUT2D eigenvalue weighted by atomic mass is 10.2. The van der Waals surface area contributed by atoms with Crippen LogP contribution in [-0.2, 0) is 0 Å². The Kier molecular flexibility index (Phi) is 3.05. The fraction of sp³-hybridized carbons (Fsp3) is 0.0909. The van der Waals surface area contributed by atoms with Crippen molar-refractivity contribution in [3.8, 4) is 0 Å². The van der Waals surface area contributed by atoms with Gasteiger partial charge in [0, 0.05) is 18.0 Å². The summed E-state index contributed by atoms with van der Waals surface area (Å²) in [6.07, 6.45) is 1.59. The normalized spacial score (nSPS) is 10.1. The second-order valence-corrected chi connectivity index (χ2v) is 3.56. The van der Waals surface area contributed by atoms with Crippen molar-refractivity contribution in [2.45, 2.75) is 6.92 Å². The van der Waals surface area contributed by atoms with Crippen LogP contribution in [0.25, 0.3) is 0 Å². The third-order valence-electron chi connectivity index (χ3n) is 2.30. The quantitative estimate of drug-likeness (QED) is 0.750. The SMILES string of the molecule is Cc1ncccc1C(=O)Nc1cc(C(=O)O)[nH]n1. The van der Waals surface area contributed by atoms with Crippen molar-refractivity contribution in [2.75, 3.05) is 5.32 Å². The number of carboxylic acids is 1. The number of nitrogens with zero attached hydrogens (tertiary/aromatic N) is 2. The number of carbonyl (C=O) groups is 2. The largest absolute Gasteiger partial charge is 0.477 e. The number of aryl methyl sites for hydroxylation is 1. The van der Waals surface area contributed by atoms with Crippen molar-refractivity contribution in [3.05, 3.63) is 41.3 Å². The minimum absolute atomic E-state index is 0.0896. The highest BCUT2D eigenvalue weighted by molar-refractivity contribution is 6.04. The van der Waals surface area contributed by atoms with Crippen molar-refractivity contribution in [3.63, 3.8) is 0 Å². The van der Waals surface area contributed by atoms with Crippen LogP contribution in [-0.4, -0.2) is 32.2 Å². The maximum Gasteiger partial charge on any atom is 0.353 e. The number of aromatic amines is 1. The first-order valence-electron chi connectivity index (χ1n) is 5.09. The smallest absolute Gasteiger partial charge is 0.353 e. The van der Waals surface area contributed by atoms with Gasteiger partial charge >= 0.3 is 5.97 Å². The average Bonchev–Trinajstić information content (AvgIpc) is 2.78. The van der Waals surface area contributed by atoms with Crippen LogP contribution in [0.4, 0.5) is 5.82 Å². The van der Waals surface area contributed by atoms with E-state index in [2.05, 4.69) is 20.5 Å². The van der Waals surface area contributed by atoms with E-state index in [0.717, 1.165) is 0 Å². The first-order valence-corrected chi connectivity index (χ1v) is 5.09. The molecule has 0 aliphatic carbocycles. The maximum atomic E-state index is 11.9. The van der Waals surface area contributed by atoms with Crippen molar-refractivity contribution < 1.29 is 14.7 Å². The fourth-order valence-electron chi connectivity index (χ4n) is 1.40. The Morgan fingerprint density at radius 2 is 2.22 bits per heavy atom. The fourth-order valence-corrected chi connectivity index (χ4v) is 1.40. The highest BCUT2D eigenvalue weighted by Gasteiger charge is 2.13. The van der Waals surface area contributed by atoms with Gasteiger partial charge in [0.2, 0.25) is 0 Å². The molecule has 0 unspecified atom stereocenters. The molecule has 0 aliphatic heterocycles. The van der Waals surface area contributed by atoms with Crippen LogP contribution in [0.2, 0.25) is 0 Å². The van der Waals surface area contributed by atoms with Crippen LogP contribution >= 0.6 is 0 Å². The van der Waals surface area contributed by atoms with Crippen LogP contribution in [0.5, 0.6) is 0 Å². The number of carbonyl (C=O) groups excluding carboxylic acids is 1. The van der Waals surface area contributed by atoms with E-state index in [1.165, 1.54) is 6.07 Å². The molecule has 0 bridgehead atoms. The molecule has 92 valence electrons. The van der Waals surface area contributed by atoms with Gasteiger partial charge < -0.3 is 10.4 Å². The van der Waals surface area contributed by atoms with E-state index >= 15 is 0 Å². The molecule has 0 fully saturated rings. The third kappa shape index (κ3) is 2.34. The molecule has 0 saturated carbocycles. The monoisotopic (exact) mass is 246 g/mol. The van der Waals surface area contributed by atoms with Crippen LogP contribution in [0.1, 0.15) is 26.5 Å². The average molecular weight is 246 g/mol. The number of carboxylic acid groups (broad SMARTS) is 1. The van der Waals surface area contributed by atoms with E-state index < -0.39 is 5.97 Å². The topological polar surface area (TPSA) is 108 Å². The molecule has 0 spiro atoms. The van der Waals surface area contributed by atoms with E-state index in [1.54, 1.807) is 25.3 Å². The van der Waals surface area contributed by atoms with E-state index in [4.69, 9.17) is 5.11 Å². The second kappa shape index (κ2) is 4.66. The van der Waals surface area contributed by atoms with E-state index in [1.807, 2.05) is 0 Å². The van der Waals surface area contributed by atoms with Gasteiger partial charge in [0.05, 0.1) is 5.56 Å². The van der Waals surface area contributed by atoms with Crippen LogP contribution in [0, 0.1) is 6.92 Å². The summed E-state index contributed by atoms with van der Waals surface area (Å²) in [5.41, 5.74) is 0.912. The number of anilines is 1. The molecule has 2 aromatic rings. The molecule has 2 rings (SSSR count). The number of nitrogens with one attached hydrogen (secondary N) is 2. The summed E-state index contributed by atoms with van der Waals surface area (Å²) >= 11 is 0. The van der Waals surface area contributed by atoms with Gasteiger partial charge in [-0.25, -0.2) is 4.79 Å². The zero-order chi connectivity index (χ0) is 13.1. The Balaban J connectivity index is 2.16. The molecular formula is C11H10N4O3. The highest BCUT2D eigenvalue weighted by atomic mass is 16.4. The molecule has 0 saturated heterocycles. The number of aromatic carboxylic acids is 1. The number of H-pyrrole nitrogens is 1. The van der Waals surface area contributed by atoms with Crippen molar-refractivity contribution in [2.24, 2.45) is 0 Å². The second-order valence-electron chi connectivity index (χ2n) is 3.56. The number of hydrogen-bond acceptors (Lipinski definition) is 4. The molecular weight excluding hydrogens is 236 g/mol. The Morgan fingerprint density at radius 1 is 1.44 bits per heavy atom. The number of pyridine rings is 1. The lowest BCUT2D eigenvalue weighted by Gasteiger charge is -2.03. The molecule has 0 atom stereocenters. The molecule has 3 N–H and O–H groups in total. The molecule has 7 nitrogen and oxygen atoms in total. The van der Waals surface area contributed by atoms with Gasteiger partial charge in [-0.1, -0.05) is 0 Å². The molecule has 7 heteroatoms. The van der Waals surface area contributed by atoms with Crippen LogP contribution < -0.4 is 5.32 Å². The van der Waals surface area contributed by atoms with Crippen LogP contribution in [0.15, 0.2) is 24.4 Å². The standard InChI is InChI=1S/C11H10N4O3/c1-6-7(3-2-4-12-6)10(16)13-9-5-8(11(17)18)14-15-9/h2-5H,1H3,(H,17,18)(H2,13,14,15,16). The molecule has 1 amide bonds. The Hall–Kier alpha value is -2.70. The van der Waals surface area contributed by atoms with E-state index in [9.17, 15) is 9.59 Å². The van der Waals surface area contributed by atoms with Gasteiger partial charge in [0.25, 0.3) is 5.91 Å². The molecule has 18 heavy (non-hydrogen) atoms. The van der Waals surface area contributed by atoms with Gasteiger partial charge in [-0.2, -0.15) is 5.10 Å². The van der Waals surface area contributed by atoms with Gasteiger partial charge in [-0.15, -0.1) is 0 Å². The minimum atomic E-state index is -1.14. The van der Waals surface area contributed by atoms with Crippen molar-refractivity contribution in [1.29, 1.82) is 0 Å². The number of amides is 1. The summed E-state index contributed by atoms with van der Waals surface area (Å²) in [5.74, 6) is -1.37. The number of aromatic nitrogens is 3. The van der Waals surface area contributed by atoms with Gasteiger partial charge in [-0.3, -0.25) is 14.9 Å². The Morgan fingerprint density at radius 3 is 2.83 bits per heavy atom. The van der Waals surface area contributed by atoms with E-state index in [-0.39, 0.29) is 17.4 Å². The highest BCUT2D eigenvalue weighted by Crippen LogP contribution is 2.09. The van der Waals surface area contributed by atoms with E-state index in [0.29, 0.717) is 11.3 Å². The first-order chi connectivity index (χ1) is 8.58. The maximum absolute atomic E-state index is 11.9. The van der Waals surface area contributed by atoms with Gasteiger partial charge in [0.1, 0.15) is 5.69 Å². The lowest BCUT2D eigenvalue weighted by molar-refractivity contribution is 0.0690. The Bertz CT molecular complexity index is 606. The summed E-state index contributed by atoms with van der Waals surface area (Å²) in [5, 5.41) is 17.2. The minimum Gasteiger partial charge on any atom is -0.477 e. The molecule has 2 heterocycles. The van der Waals surface area contributed by atoms with Gasteiger partial charge in [0.15, 0.2) is 5.82 Å². The number of hydrogen-bond donors (Lipinski definition) is 3. The number of rotatable bonds is 3. The first kappa shape index (κ1) is 11.8.